The summed E-state index contributed by atoms with van der Waals surface area (Å²) in [5, 5.41) is 0. The molecule has 0 aromatic carbocycles. The zero-order valence-electron chi connectivity index (χ0n) is 6.81. The highest BCUT2D eigenvalue weighted by molar-refractivity contribution is 6.67. The van der Waals surface area contributed by atoms with Gasteiger partial charge in [-0.1, -0.05) is 34.8 Å². The number of carbonyl (C=O) groups excluding carboxylic acids is 1. The zero-order chi connectivity index (χ0) is 9.78. The van der Waals surface area contributed by atoms with Crippen LogP contribution in [0.4, 0.5) is 4.79 Å². The van der Waals surface area contributed by atoms with Crippen LogP contribution < -0.4 is 0 Å². The van der Waals surface area contributed by atoms with Crippen LogP contribution in [-0.4, -0.2) is 35.0 Å². The van der Waals surface area contributed by atoms with E-state index in [1.807, 2.05) is 6.92 Å². The Morgan fingerprint density at radius 2 is 2.00 bits per heavy atom. The lowest BCUT2D eigenvalue weighted by atomic mass is 10.7. The second-order valence-corrected chi connectivity index (χ2v) is 4.70. The summed E-state index contributed by atoms with van der Waals surface area (Å²) < 4.78 is 3.11. The van der Waals surface area contributed by atoms with Gasteiger partial charge in [0.25, 0.3) is 0 Å². The highest BCUT2D eigenvalue weighted by atomic mass is 35.6. The van der Waals surface area contributed by atoms with Crippen LogP contribution in [0.25, 0.3) is 0 Å². The minimum absolute atomic E-state index is 0.235. The van der Waals surface area contributed by atoms with E-state index in [-0.39, 0.29) is 6.61 Å². The number of alkyl halides is 3. The van der Waals surface area contributed by atoms with Crippen molar-refractivity contribution in [3.8, 4) is 0 Å². The molecule has 1 amide bonds. The van der Waals surface area contributed by atoms with Crippen molar-refractivity contribution in [3.63, 3.8) is 0 Å². The summed E-state index contributed by atoms with van der Waals surface area (Å²) in [6.45, 7) is 2.14. The Labute approximate surface area is 86.5 Å². The average Bonchev–Trinajstić information content (AvgIpc) is 1.97. The number of nitrogens with zero attached hydrogens (tertiary/aromatic N) is 1. The number of halogens is 3. The second-order valence-electron chi connectivity index (χ2n) is 2.18. The highest BCUT2D eigenvalue weighted by Gasteiger charge is 2.22. The number of amides is 1. The van der Waals surface area contributed by atoms with Gasteiger partial charge in [-0.3, -0.25) is 0 Å². The summed E-state index contributed by atoms with van der Waals surface area (Å²) in [5.74, 6) is 0. The molecule has 0 saturated heterocycles. The Kier molecular flexibility index (Phi) is 5.06. The van der Waals surface area contributed by atoms with Crippen LogP contribution in [-0.2, 0) is 4.74 Å². The molecule has 0 saturated carbocycles. The Bertz CT molecular complexity index is 157. The molecule has 0 N–H and O–H groups in total. The predicted octanol–water partition coefficient (Wildman–Crippen LogP) is 2.44. The molecule has 3 nitrogen and oxygen atoms in total. The first-order valence-electron chi connectivity index (χ1n) is 3.31. The fourth-order valence-electron chi connectivity index (χ4n) is 0.383. The van der Waals surface area contributed by atoms with Crippen molar-refractivity contribution >= 4 is 40.9 Å². The van der Waals surface area contributed by atoms with Gasteiger partial charge in [-0.15, -0.1) is 0 Å². The second kappa shape index (κ2) is 5.00. The van der Waals surface area contributed by atoms with Gasteiger partial charge in [0, 0.05) is 13.6 Å². The predicted molar refractivity (Wildman–Crippen MR) is 49.9 cm³/mol. The van der Waals surface area contributed by atoms with E-state index >= 15 is 0 Å². The first-order chi connectivity index (χ1) is 5.37. The van der Waals surface area contributed by atoms with Crippen LogP contribution >= 0.6 is 34.8 Å². The molecule has 0 aromatic rings. The number of hydrogen-bond acceptors (Lipinski definition) is 2. The first-order valence-corrected chi connectivity index (χ1v) is 4.45. The molecule has 72 valence electrons. The van der Waals surface area contributed by atoms with E-state index in [1.54, 1.807) is 7.05 Å². The SMILES string of the molecule is CCN(C)C(=O)OCC(Cl)(Cl)Cl. The van der Waals surface area contributed by atoms with Gasteiger partial charge in [-0.05, 0) is 6.92 Å². The van der Waals surface area contributed by atoms with Crippen LogP contribution in [0.1, 0.15) is 6.92 Å². The summed E-state index contributed by atoms with van der Waals surface area (Å²) in [5.41, 5.74) is 0. The van der Waals surface area contributed by atoms with Crippen LogP contribution in [0.15, 0.2) is 0 Å². The number of ether oxygens (including phenoxy) is 1. The fourth-order valence-corrected chi connectivity index (χ4v) is 0.547. The lowest BCUT2D eigenvalue weighted by Crippen LogP contribution is -2.29. The molecular formula is C6H10Cl3NO2. The molecule has 0 aliphatic rings. The van der Waals surface area contributed by atoms with Crippen molar-refractivity contribution in [2.75, 3.05) is 20.2 Å². The smallest absolute Gasteiger partial charge is 0.409 e. The Morgan fingerprint density at radius 3 is 2.33 bits per heavy atom. The molecule has 0 bridgehead atoms. The van der Waals surface area contributed by atoms with Crippen LogP contribution in [0.5, 0.6) is 0 Å². The maximum Gasteiger partial charge on any atom is 0.409 e. The number of rotatable bonds is 2. The van der Waals surface area contributed by atoms with Crippen LogP contribution in [0.2, 0.25) is 0 Å². The summed E-state index contributed by atoms with van der Waals surface area (Å²) in [6.07, 6.45) is -0.496. The quantitative estimate of drug-likeness (QED) is 0.687. The van der Waals surface area contributed by atoms with Gasteiger partial charge >= 0.3 is 6.09 Å². The maximum absolute atomic E-state index is 10.9. The molecule has 0 fully saturated rings. The van der Waals surface area contributed by atoms with Gasteiger partial charge in [0.2, 0.25) is 3.79 Å². The largest absolute Gasteiger partial charge is 0.445 e. The molecule has 0 unspecified atom stereocenters. The van der Waals surface area contributed by atoms with Crippen molar-refractivity contribution < 1.29 is 9.53 Å². The maximum atomic E-state index is 10.9. The summed E-state index contributed by atoms with van der Waals surface area (Å²) in [4.78, 5) is 12.3. The molecule has 6 heteroatoms. The third-order valence-corrected chi connectivity index (χ3v) is 1.47. The van der Waals surface area contributed by atoms with Crippen molar-refractivity contribution in [1.82, 2.24) is 4.90 Å². The van der Waals surface area contributed by atoms with Crippen molar-refractivity contribution in [2.45, 2.75) is 10.7 Å². The molecule has 0 radical (unpaired) electrons. The van der Waals surface area contributed by atoms with Gasteiger partial charge in [0.1, 0.15) is 6.61 Å². The minimum Gasteiger partial charge on any atom is -0.445 e. The van der Waals surface area contributed by atoms with E-state index in [0.29, 0.717) is 6.54 Å². The van der Waals surface area contributed by atoms with Gasteiger partial charge in [0.15, 0.2) is 0 Å². The average molecular weight is 235 g/mol. The number of hydrogen-bond donors (Lipinski definition) is 0. The molecule has 12 heavy (non-hydrogen) atoms. The zero-order valence-corrected chi connectivity index (χ0v) is 9.08. The van der Waals surface area contributed by atoms with Gasteiger partial charge in [0.05, 0.1) is 0 Å². The standard InChI is InChI=1S/C6H10Cl3NO2/c1-3-10(2)5(11)12-4-6(7,8)9/h3-4H2,1-2H3. The minimum atomic E-state index is -1.54. The lowest BCUT2D eigenvalue weighted by molar-refractivity contribution is 0.114. The van der Waals surface area contributed by atoms with E-state index in [1.165, 1.54) is 4.90 Å². The van der Waals surface area contributed by atoms with Crippen LogP contribution in [0, 0.1) is 0 Å². The third-order valence-electron chi connectivity index (χ3n) is 1.15. The first kappa shape index (κ1) is 12.1. The topological polar surface area (TPSA) is 29.5 Å². The normalized spacial score (nSPS) is 11.1. The molecule has 0 aromatic heterocycles. The van der Waals surface area contributed by atoms with E-state index in [0.717, 1.165) is 0 Å². The monoisotopic (exact) mass is 233 g/mol. The van der Waals surface area contributed by atoms with Gasteiger partial charge in [-0.2, -0.15) is 0 Å². The van der Waals surface area contributed by atoms with Crippen molar-refractivity contribution in [1.29, 1.82) is 0 Å². The Hall–Kier alpha value is 0.140. The van der Waals surface area contributed by atoms with Crippen molar-refractivity contribution in [2.24, 2.45) is 0 Å². The summed E-state index contributed by atoms with van der Waals surface area (Å²) >= 11 is 16.1. The van der Waals surface area contributed by atoms with Crippen molar-refractivity contribution in [3.05, 3.63) is 0 Å². The Balaban J connectivity index is 3.72. The summed E-state index contributed by atoms with van der Waals surface area (Å²) in [7, 11) is 1.60. The molecule has 0 spiro atoms. The lowest BCUT2D eigenvalue weighted by Gasteiger charge is -2.16. The molecule has 0 atom stereocenters. The highest BCUT2D eigenvalue weighted by Crippen LogP contribution is 2.25. The van der Waals surface area contributed by atoms with Gasteiger partial charge < -0.3 is 9.64 Å². The Morgan fingerprint density at radius 1 is 1.50 bits per heavy atom. The molecular weight excluding hydrogens is 224 g/mol. The van der Waals surface area contributed by atoms with E-state index in [4.69, 9.17) is 34.8 Å². The summed E-state index contributed by atoms with van der Waals surface area (Å²) in [6, 6.07) is 0. The van der Waals surface area contributed by atoms with E-state index in [2.05, 4.69) is 4.74 Å². The third kappa shape index (κ3) is 5.75. The number of carbonyl (C=O) groups is 1. The molecule has 0 rings (SSSR count). The molecule has 0 aliphatic heterocycles. The van der Waals surface area contributed by atoms with E-state index in [9.17, 15) is 4.79 Å². The van der Waals surface area contributed by atoms with Gasteiger partial charge in [-0.25, -0.2) is 4.79 Å². The molecule has 0 heterocycles. The molecule has 0 aliphatic carbocycles. The van der Waals surface area contributed by atoms with Crippen LogP contribution in [0.3, 0.4) is 0 Å². The fraction of sp³-hybridized carbons (Fsp3) is 0.833. The van der Waals surface area contributed by atoms with E-state index < -0.39 is 9.89 Å².